The summed E-state index contributed by atoms with van der Waals surface area (Å²) in [4.78, 5) is 5.09. The molecule has 4 aromatic rings. The molecule has 8 nitrogen and oxygen atoms in total. The van der Waals surface area contributed by atoms with Crippen LogP contribution in [-0.2, 0) is 0 Å². The second-order valence-corrected chi connectivity index (χ2v) is 10.4. The molecule has 0 radical (unpaired) electrons. The van der Waals surface area contributed by atoms with Crippen LogP contribution in [0.5, 0.6) is 5.75 Å². The highest BCUT2D eigenvalue weighted by Gasteiger charge is 2.39. The third kappa shape index (κ3) is 4.20. The summed E-state index contributed by atoms with van der Waals surface area (Å²) in [5.74, 6) is 0.147. The van der Waals surface area contributed by atoms with Gasteiger partial charge >= 0.3 is 0 Å². The summed E-state index contributed by atoms with van der Waals surface area (Å²) in [7, 11) is 0. The highest BCUT2D eigenvalue weighted by Crippen LogP contribution is 2.37. The van der Waals surface area contributed by atoms with E-state index < -0.39 is 0 Å². The molecule has 2 N–H and O–H groups in total. The number of aromatic nitrogens is 6. The van der Waals surface area contributed by atoms with Crippen molar-refractivity contribution in [3.8, 4) is 27.4 Å². The Balaban J connectivity index is 0.00000245. The number of fused-ring (bicyclic) bond motifs is 1. The van der Waals surface area contributed by atoms with Gasteiger partial charge in [0.15, 0.2) is 0 Å². The third-order valence-electron chi connectivity index (χ3n) is 5.73. The van der Waals surface area contributed by atoms with Crippen LogP contribution in [-0.4, -0.2) is 46.4 Å². The van der Waals surface area contributed by atoms with Gasteiger partial charge in [-0.15, -0.1) is 39.0 Å². The van der Waals surface area contributed by atoms with Gasteiger partial charge in [0.05, 0.1) is 22.1 Å². The molecule has 32 heavy (non-hydrogen) atoms. The van der Waals surface area contributed by atoms with Gasteiger partial charge in [0, 0.05) is 22.8 Å². The fourth-order valence-electron chi connectivity index (χ4n) is 4.83. The Morgan fingerprint density at radius 3 is 2.47 bits per heavy atom. The van der Waals surface area contributed by atoms with E-state index in [-0.39, 0.29) is 35.3 Å². The first-order valence-electron chi connectivity index (χ1n) is 10.3. The quantitative estimate of drug-likeness (QED) is 0.449. The molecule has 4 heterocycles. The number of nitrogens with one attached hydrogen (secondary N) is 1. The fraction of sp³-hybridized carbons (Fsp3) is 0.409. The monoisotopic (exact) mass is 471 g/mol. The number of nitrogens with zero attached hydrogens (tertiary/aromatic N) is 6. The maximum Gasteiger partial charge on any atom is 0.201 e. The number of piperidine rings is 1. The lowest BCUT2D eigenvalue weighted by Crippen LogP contribution is -2.58. The second-order valence-electron chi connectivity index (χ2n) is 9.52. The summed E-state index contributed by atoms with van der Waals surface area (Å²) in [6.45, 7) is 8.84. The fourth-order valence-corrected chi connectivity index (χ4v) is 5.45. The molecule has 3 aromatic heterocycles. The van der Waals surface area contributed by atoms with E-state index in [0.29, 0.717) is 22.4 Å². The van der Waals surface area contributed by atoms with Gasteiger partial charge in [-0.1, -0.05) is 11.3 Å². The number of rotatable bonds is 3. The van der Waals surface area contributed by atoms with Crippen LogP contribution < -0.4 is 5.32 Å². The highest BCUT2D eigenvalue weighted by atomic mass is 35.5. The number of halogens is 1. The lowest BCUT2D eigenvalue weighted by atomic mass is 9.80. The predicted molar refractivity (Wildman–Crippen MR) is 128 cm³/mol. The van der Waals surface area contributed by atoms with Gasteiger partial charge < -0.3 is 10.4 Å². The van der Waals surface area contributed by atoms with Crippen LogP contribution >= 0.6 is 23.7 Å². The molecule has 0 saturated carbocycles. The van der Waals surface area contributed by atoms with Crippen molar-refractivity contribution in [3.63, 3.8) is 0 Å². The van der Waals surface area contributed by atoms with E-state index in [4.69, 9.17) is 0 Å². The standard InChI is InChI=1S/C22H25N7OS.ClH/c1-21(2)9-14(10-22(3,4)27-21)29-20-17(25-28-29)8-16(24-26-20)15-6-5-13(7-18(15)30)19-11-23-12-31-19;/h5-8,11-12,14,27,30H,9-10H2,1-4H3;1H. The van der Waals surface area contributed by atoms with Gasteiger partial charge in [-0.3, -0.25) is 4.98 Å². The van der Waals surface area contributed by atoms with Gasteiger partial charge in [0.25, 0.3) is 0 Å². The number of hydrogen-bond acceptors (Lipinski definition) is 8. The minimum Gasteiger partial charge on any atom is -0.507 e. The molecule has 0 bridgehead atoms. The molecular formula is C22H26ClN7OS. The van der Waals surface area contributed by atoms with Crippen molar-refractivity contribution in [1.29, 1.82) is 0 Å². The smallest absolute Gasteiger partial charge is 0.201 e. The van der Waals surface area contributed by atoms with Crippen molar-refractivity contribution in [2.45, 2.75) is 57.7 Å². The van der Waals surface area contributed by atoms with Crippen molar-refractivity contribution in [2.75, 3.05) is 0 Å². The summed E-state index contributed by atoms with van der Waals surface area (Å²) in [6, 6.07) is 7.55. The Kier molecular flexibility index (Phi) is 5.68. The van der Waals surface area contributed by atoms with Crippen LogP contribution in [0.25, 0.3) is 32.9 Å². The van der Waals surface area contributed by atoms with Crippen LogP contribution in [0.3, 0.4) is 0 Å². The molecule has 1 fully saturated rings. The molecule has 1 aliphatic rings. The second kappa shape index (κ2) is 8.06. The number of phenols is 1. The Labute approximate surface area is 196 Å². The highest BCUT2D eigenvalue weighted by molar-refractivity contribution is 7.13. The Morgan fingerprint density at radius 1 is 1.06 bits per heavy atom. The molecule has 1 aromatic carbocycles. The Hall–Kier alpha value is -2.62. The first-order valence-corrected chi connectivity index (χ1v) is 11.2. The summed E-state index contributed by atoms with van der Waals surface area (Å²) in [6.07, 6.45) is 3.64. The SMILES string of the molecule is CC1(C)CC(n2nnc3cc(-c4ccc(-c5cncs5)cc4O)nnc32)CC(C)(C)N1.Cl. The van der Waals surface area contributed by atoms with E-state index >= 15 is 0 Å². The molecule has 0 amide bonds. The topological polar surface area (TPSA) is 102 Å². The molecular weight excluding hydrogens is 446 g/mol. The first-order chi connectivity index (χ1) is 14.7. The largest absolute Gasteiger partial charge is 0.507 e. The molecule has 1 saturated heterocycles. The van der Waals surface area contributed by atoms with Gasteiger partial charge in [-0.25, -0.2) is 4.68 Å². The molecule has 0 aliphatic carbocycles. The molecule has 0 spiro atoms. The zero-order valence-corrected chi connectivity index (χ0v) is 20.0. The minimum atomic E-state index is -0.0102. The summed E-state index contributed by atoms with van der Waals surface area (Å²) < 4.78 is 1.91. The number of benzene rings is 1. The number of phenolic OH excluding ortho intramolecular Hbond substituents is 1. The first kappa shape index (κ1) is 22.6. The maximum atomic E-state index is 10.6. The van der Waals surface area contributed by atoms with Gasteiger partial charge in [0.1, 0.15) is 11.3 Å². The van der Waals surface area contributed by atoms with E-state index in [2.05, 4.69) is 58.5 Å². The van der Waals surface area contributed by atoms with Crippen LogP contribution in [0.1, 0.15) is 46.6 Å². The zero-order valence-electron chi connectivity index (χ0n) is 18.4. The van der Waals surface area contributed by atoms with E-state index in [0.717, 1.165) is 23.3 Å². The third-order valence-corrected chi connectivity index (χ3v) is 6.55. The van der Waals surface area contributed by atoms with Crippen LogP contribution in [0.2, 0.25) is 0 Å². The average molecular weight is 472 g/mol. The van der Waals surface area contributed by atoms with Gasteiger partial charge in [-0.2, -0.15) is 0 Å². The summed E-state index contributed by atoms with van der Waals surface area (Å²) in [5, 5.41) is 31.9. The van der Waals surface area contributed by atoms with Crippen LogP contribution in [0.4, 0.5) is 0 Å². The van der Waals surface area contributed by atoms with Crippen molar-refractivity contribution >= 4 is 34.9 Å². The van der Waals surface area contributed by atoms with E-state index in [1.807, 2.05) is 22.9 Å². The van der Waals surface area contributed by atoms with E-state index in [1.54, 1.807) is 17.8 Å². The molecule has 168 valence electrons. The Morgan fingerprint density at radius 2 is 1.81 bits per heavy atom. The minimum absolute atomic E-state index is 0. The predicted octanol–water partition coefficient (Wildman–Crippen LogP) is 4.62. The number of aromatic hydroxyl groups is 1. The number of thiazole rings is 1. The van der Waals surface area contributed by atoms with Crippen molar-refractivity contribution in [2.24, 2.45) is 0 Å². The van der Waals surface area contributed by atoms with Crippen LogP contribution in [0.15, 0.2) is 36.0 Å². The van der Waals surface area contributed by atoms with Crippen molar-refractivity contribution in [3.05, 3.63) is 36.0 Å². The average Bonchev–Trinajstić information content (AvgIpc) is 3.35. The molecule has 0 atom stereocenters. The van der Waals surface area contributed by atoms with Gasteiger partial charge in [-0.05, 0) is 64.3 Å². The van der Waals surface area contributed by atoms with Gasteiger partial charge in [0.2, 0.25) is 5.65 Å². The maximum absolute atomic E-state index is 10.6. The number of hydrogen-bond donors (Lipinski definition) is 2. The van der Waals surface area contributed by atoms with E-state index in [9.17, 15) is 5.11 Å². The van der Waals surface area contributed by atoms with Crippen LogP contribution in [0, 0.1) is 0 Å². The lowest BCUT2D eigenvalue weighted by molar-refractivity contribution is 0.127. The van der Waals surface area contributed by atoms with E-state index in [1.165, 1.54) is 11.3 Å². The summed E-state index contributed by atoms with van der Waals surface area (Å²) in [5.41, 5.74) is 5.19. The summed E-state index contributed by atoms with van der Waals surface area (Å²) >= 11 is 1.53. The molecule has 1 aliphatic heterocycles. The molecule has 10 heteroatoms. The molecule has 5 rings (SSSR count). The normalized spacial score (nSPS) is 17.9. The molecule has 0 unspecified atom stereocenters. The van der Waals surface area contributed by atoms with Crippen molar-refractivity contribution < 1.29 is 5.11 Å². The van der Waals surface area contributed by atoms with Crippen molar-refractivity contribution in [1.82, 2.24) is 35.5 Å². The zero-order chi connectivity index (χ0) is 21.8. The lowest BCUT2D eigenvalue weighted by Gasteiger charge is -2.46. The Bertz CT molecular complexity index is 1240.